The van der Waals surface area contributed by atoms with E-state index in [4.69, 9.17) is 22.7 Å². The zero-order chi connectivity index (χ0) is 15.6. The number of halogens is 3. The number of hydrogen-bond donors (Lipinski definition) is 1. The zero-order valence-electron chi connectivity index (χ0n) is 10.9. The molecule has 1 unspecified atom stereocenters. The van der Waals surface area contributed by atoms with Crippen molar-refractivity contribution in [2.75, 3.05) is 19.7 Å². The van der Waals surface area contributed by atoms with Crippen LogP contribution in [0.4, 0.5) is 13.2 Å². The Hall–Kier alpha value is -1.67. The van der Waals surface area contributed by atoms with Gasteiger partial charge in [-0.1, -0.05) is 12.2 Å². The molecule has 2 rings (SSSR count). The highest BCUT2D eigenvalue weighted by Crippen LogP contribution is 2.29. The van der Waals surface area contributed by atoms with Gasteiger partial charge in [0, 0.05) is 12.1 Å². The van der Waals surface area contributed by atoms with Crippen molar-refractivity contribution in [1.82, 2.24) is 4.90 Å². The van der Waals surface area contributed by atoms with E-state index >= 15 is 0 Å². The van der Waals surface area contributed by atoms with Gasteiger partial charge in [0.05, 0.1) is 18.7 Å². The molecule has 0 saturated carbocycles. The summed E-state index contributed by atoms with van der Waals surface area (Å²) in [6, 6.07) is 4.10. The van der Waals surface area contributed by atoms with E-state index in [0.29, 0.717) is 6.54 Å². The molecule has 0 radical (unpaired) electrons. The Kier molecular flexibility index (Phi) is 4.48. The van der Waals surface area contributed by atoms with E-state index in [0.717, 1.165) is 24.3 Å². The summed E-state index contributed by atoms with van der Waals surface area (Å²) in [6.45, 7) is 0.836. The lowest BCUT2D eigenvalue weighted by Crippen LogP contribution is -2.49. The maximum absolute atomic E-state index is 12.5. The molecule has 8 heteroatoms. The second-order valence-corrected chi connectivity index (χ2v) is 5.06. The highest BCUT2D eigenvalue weighted by molar-refractivity contribution is 7.80. The highest BCUT2D eigenvalue weighted by Gasteiger charge is 2.31. The van der Waals surface area contributed by atoms with E-state index in [-0.39, 0.29) is 29.6 Å². The normalized spacial score (nSPS) is 19.4. The van der Waals surface area contributed by atoms with Crippen LogP contribution in [0.25, 0.3) is 0 Å². The average Bonchev–Trinajstić information content (AvgIpc) is 2.46. The van der Waals surface area contributed by atoms with Crippen LogP contribution in [0.2, 0.25) is 0 Å². The van der Waals surface area contributed by atoms with Crippen molar-refractivity contribution in [2.24, 2.45) is 5.73 Å². The first kappa shape index (κ1) is 15.7. The van der Waals surface area contributed by atoms with E-state index < -0.39 is 17.8 Å². The lowest BCUT2D eigenvalue weighted by Gasteiger charge is -2.32. The quantitative estimate of drug-likeness (QED) is 0.845. The first-order valence-electron chi connectivity index (χ1n) is 6.16. The number of nitrogens with zero attached hydrogens (tertiary/aromatic N) is 1. The molecule has 1 fully saturated rings. The first-order valence-corrected chi connectivity index (χ1v) is 6.57. The molecule has 1 aromatic carbocycles. The summed E-state index contributed by atoms with van der Waals surface area (Å²) in [7, 11) is 0. The van der Waals surface area contributed by atoms with Crippen LogP contribution in [0, 0.1) is 0 Å². The molecule has 1 aromatic rings. The monoisotopic (exact) mass is 318 g/mol. The maximum atomic E-state index is 12.5. The highest BCUT2D eigenvalue weighted by atomic mass is 32.1. The summed E-state index contributed by atoms with van der Waals surface area (Å²) in [4.78, 5) is 13.9. The van der Waals surface area contributed by atoms with Gasteiger partial charge < -0.3 is 15.4 Å². The zero-order valence-corrected chi connectivity index (χ0v) is 11.7. The van der Waals surface area contributed by atoms with Crippen LogP contribution in [0.1, 0.15) is 15.9 Å². The van der Waals surface area contributed by atoms with Gasteiger partial charge in [-0.25, -0.2) is 0 Å². The second kappa shape index (κ2) is 5.98. The Bertz CT molecular complexity index is 545. The number of thiocarbonyl (C=S) groups is 1. The molecular formula is C13H13F3N2O2S. The summed E-state index contributed by atoms with van der Waals surface area (Å²) < 4.78 is 42.7. The fraction of sp³-hybridized carbons (Fsp3) is 0.385. The van der Waals surface area contributed by atoms with E-state index in [1.165, 1.54) is 4.90 Å². The van der Waals surface area contributed by atoms with E-state index in [1.54, 1.807) is 0 Å². The number of carbonyl (C=O) groups excluding carboxylic acids is 1. The molecule has 21 heavy (non-hydrogen) atoms. The van der Waals surface area contributed by atoms with Gasteiger partial charge in [-0.3, -0.25) is 4.79 Å². The molecule has 1 heterocycles. The third-order valence-corrected chi connectivity index (χ3v) is 3.39. The predicted molar refractivity (Wildman–Crippen MR) is 73.9 cm³/mol. The van der Waals surface area contributed by atoms with Crippen LogP contribution in [0.5, 0.6) is 0 Å². The van der Waals surface area contributed by atoms with Crippen molar-refractivity contribution in [3.05, 3.63) is 35.4 Å². The maximum Gasteiger partial charge on any atom is 0.416 e. The number of morpholine rings is 1. The Labute approximate surface area is 124 Å². The smallest absolute Gasteiger partial charge is 0.391 e. The minimum absolute atomic E-state index is 0.153. The molecular weight excluding hydrogens is 305 g/mol. The molecule has 2 N–H and O–H groups in total. The van der Waals surface area contributed by atoms with Gasteiger partial charge in [0.15, 0.2) is 0 Å². The summed E-state index contributed by atoms with van der Waals surface area (Å²) >= 11 is 4.82. The molecule has 0 aliphatic carbocycles. The minimum atomic E-state index is -4.42. The summed E-state index contributed by atoms with van der Waals surface area (Å²) in [5, 5.41) is 0. The number of amides is 1. The fourth-order valence-electron chi connectivity index (χ4n) is 1.99. The van der Waals surface area contributed by atoms with Crippen molar-refractivity contribution in [1.29, 1.82) is 0 Å². The van der Waals surface area contributed by atoms with Crippen molar-refractivity contribution in [2.45, 2.75) is 12.3 Å². The Morgan fingerprint density at radius 2 is 1.95 bits per heavy atom. The third kappa shape index (κ3) is 3.70. The number of benzene rings is 1. The average molecular weight is 318 g/mol. The summed E-state index contributed by atoms with van der Waals surface area (Å²) in [6.07, 6.45) is -4.94. The molecule has 1 amide bonds. The molecule has 4 nitrogen and oxygen atoms in total. The Morgan fingerprint density at radius 3 is 2.48 bits per heavy atom. The number of hydrogen-bond acceptors (Lipinski definition) is 3. The molecule has 1 atom stereocenters. The molecule has 0 spiro atoms. The van der Waals surface area contributed by atoms with Gasteiger partial charge in [0.1, 0.15) is 11.1 Å². The lowest BCUT2D eigenvalue weighted by atomic mass is 10.1. The molecule has 1 aliphatic heterocycles. The minimum Gasteiger partial charge on any atom is -0.391 e. The van der Waals surface area contributed by atoms with Gasteiger partial charge in [0.2, 0.25) is 0 Å². The van der Waals surface area contributed by atoms with Gasteiger partial charge in [-0.15, -0.1) is 0 Å². The number of rotatable bonds is 2. The van der Waals surface area contributed by atoms with E-state index in [1.807, 2.05) is 0 Å². The predicted octanol–water partition coefficient (Wildman–Crippen LogP) is 1.83. The van der Waals surface area contributed by atoms with Gasteiger partial charge in [0.25, 0.3) is 5.91 Å². The van der Waals surface area contributed by atoms with E-state index in [2.05, 4.69) is 0 Å². The molecule has 114 valence electrons. The summed E-state index contributed by atoms with van der Waals surface area (Å²) in [5.41, 5.74) is 4.88. The fourth-order valence-corrected chi connectivity index (χ4v) is 2.13. The number of carbonyl (C=O) groups is 1. The van der Waals surface area contributed by atoms with Gasteiger partial charge in [-0.05, 0) is 24.3 Å². The van der Waals surface area contributed by atoms with Crippen LogP contribution < -0.4 is 5.73 Å². The largest absolute Gasteiger partial charge is 0.416 e. The lowest BCUT2D eigenvalue weighted by molar-refractivity contribution is -0.137. The van der Waals surface area contributed by atoms with Crippen LogP contribution in [-0.2, 0) is 10.9 Å². The number of nitrogens with two attached hydrogens (primary N) is 1. The van der Waals surface area contributed by atoms with Gasteiger partial charge >= 0.3 is 6.18 Å². The standard InChI is InChI=1S/C13H13F3N2O2S/c14-13(15,16)9-3-1-8(2-4-9)12(19)18-5-6-20-10(7-18)11(17)21/h1-4,10H,5-7H2,(H2,17,21). The topological polar surface area (TPSA) is 55.6 Å². The summed E-state index contributed by atoms with van der Waals surface area (Å²) in [5.74, 6) is -0.367. The Morgan fingerprint density at radius 1 is 1.33 bits per heavy atom. The molecule has 1 aliphatic rings. The Balaban J connectivity index is 2.11. The van der Waals surface area contributed by atoms with E-state index in [9.17, 15) is 18.0 Å². The molecule has 0 bridgehead atoms. The van der Waals surface area contributed by atoms with Crippen molar-refractivity contribution in [3.63, 3.8) is 0 Å². The molecule has 1 saturated heterocycles. The number of alkyl halides is 3. The third-order valence-electron chi connectivity index (χ3n) is 3.13. The first-order chi connectivity index (χ1) is 9.79. The SMILES string of the molecule is NC(=S)C1CN(C(=O)c2ccc(C(F)(F)F)cc2)CCO1. The molecule has 0 aromatic heterocycles. The van der Waals surface area contributed by atoms with Crippen LogP contribution in [0.3, 0.4) is 0 Å². The van der Waals surface area contributed by atoms with Crippen LogP contribution in [-0.4, -0.2) is 41.6 Å². The van der Waals surface area contributed by atoms with Crippen LogP contribution >= 0.6 is 12.2 Å². The van der Waals surface area contributed by atoms with Crippen molar-refractivity contribution < 1.29 is 22.7 Å². The van der Waals surface area contributed by atoms with Crippen molar-refractivity contribution >= 4 is 23.1 Å². The van der Waals surface area contributed by atoms with Gasteiger partial charge in [-0.2, -0.15) is 13.2 Å². The van der Waals surface area contributed by atoms with Crippen molar-refractivity contribution in [3.8, 4) is 0 Å². The second-order valence-electron chi connectivity index (χ2n) is 4.59. The van der Waals surface area contributed by atoms with Crippen LogP contribution in [0.15, 0.2) is 24.3 Å². The number of ether oxygens (including phenoxy) is 1.